The van der Waals surface area contributed by atoms with Crippen LogP contribution in [0.5, 0.6) is 5.75 Å². The van der Waals surface area contributed by atoms with Crippen molar-refractivity contribution in [2.24, 2.45) is 0 Å². The van der Waals surface area contributed by atoms with Crippen LogP contribution in [0.15, 0.2) is 53.9 Å². The summed E-state index contributed by atoms with van der Waals surface area (Å²) in [5, 5.41) is 2.61. The Morgan fingerprint density at radius 3 is 2.12 bits per heavy atom. The SMILES string of the molecule is CCOc1ccc(-c2nc(C(=O)N3CCN(C(=O)c4ccc(C(C)C)cc4)CC3)cs2)cc1. The smallest absolute Gasteiger partial charge is 0.273 e. The van der Waals surface area contributed by atoms with Crippen molar-refractivity contribution in [2.45, 2.75) is 26.7 Å². The van der Waals surface area contributed by atoms with E-state index < -0.39 is 0 Å². The van der Waals surface area contributed by atoms with Gasteiger partial charge in [0.2, 0.25) is 0 Å². The zero-order valence-electron chi connectivity index (χ0n) is 19.3. The molecule has 0 aliphatic carbocycles. The average Bonchev–Trinajstić information content (AvgIpc) is 3.34. The van der Waals surface area contributed by atoms with E-state index in [1.807, 2.05) is 65.7 Å². The van der Waals surface area contributed by atoms with Crippen molar-refractivity contribution in [1.82, 2.24) is 14.8 Å². The number of nitrogens with zero attached hydrogens (tertiary/aromatic N) is 3. The summed E-state index contributed by atoms with van der Waals surface area (Å²) in [5.41, 5.74) is 3.32. The molecule has 1 aliphatic heterocycles. The average molecular weight is 464 g/mol. The summed E-state index contributed by atoms with van der Waals surface area (Å²) < 4.78 is 5.48. The van der Waals surface area contributed by atoms with Crippen LogP contribution in [0.4, 0.5) is 0 Å². The molecule has 4 rings (SSSR count). The summed E-state index contributed by atoms with van der Waals surface area (Å²) in [6.45, 7) is 8.89. The minimum absolute atomic E-state index is 0.0175. The molecule has 6 nitrogen and oxygen atoms in total. The number of thiazole rings is 1. The highest BCUT2D eigenvalue weighted by Gasteiger charge is 2.27. The van der Waals surface area contributed by atoms with Crippen LogP contribution in [0.2, 0.25) is 0 Å². The molecule has 0 atom stereocenters. The maximum atomic E-state index is 13.0. The molecule has 0 radical (unpaired) electrons. The molecule has 33 heavy (non-hydrogen) atoms. The highest BCUT2D eigenvalue weighted by atomic mass is 32.1. The fourth-order valence-electron chi connectivity index (χ4n) is 3.83. The highest BCUT2D eigenvalue weighted by molar-refractivity contribution is 7.13. The molecule has 0 N–H and O–H groups in total. The van der Waals surface area contributed by atoms with E-state index in [0.29, 0.717) is 50.0 Å². The first-order valence-corrected chi connectivity index (χ1v) is 12.2. The molecule has 0 spiro atoms. The van der Waals surface area contributed by atoms with Crippen LogP contribution in [0.3, 0.4) is 0 Å². The van der Waals surface area contributed by atoms with Gasteiger partial charge in [0.25, 0.3) is 11.8 Å². The van der Waals surface area contributed by atoms with E-state index in [9.17, 15) is 9.59 Å². The van der Waals surface area contributed by atoms with Crippen LogP contribution in [0.25, 0.3) is 10.6 Å². The Hall–Kier alpha value is -3.19. The molecule has 3 aromatic rings. The Morgan fingerprint density at radius 1 is 0.939 bits per heavy atom. The van der Waals surface area contributed by atoms with Crippen LogP contribution in [-0.4, -0.2) is 59.4 Å². The third-order valence-electron chi connectivity index (χ3n) is 5.81. The summed E-state index contributed by atoms with van der Waals surface area (Å²) in [6.07, 6.45) is 0. The van der Waals surface area contributed by atoms with E-state index in [4.69, 9.17) is 4.74 Å². The minimum Gasteiger partial charge on any atom is -0.494 e. The Kier molecular flexibility index (Phi) is 7.08. The second-order valence-corrected chi connectivity index (χ2v) is 9.21. The summed E-state index contributed by atoms with van der Waals surface area (Å²) in [4.78, 5) is 34.0. The van der Waals surface area contributed by atoms with E-state index >= 15 is 0 Å². The number of hydrogen-bond donors (Lipinski definition) is 0. The van der Waals surface area contributed by atoms with Gasteiger partial charge in [0.15, 0.2) is 0 Å². The predicted molar refractivity (Wildman–Crippen MR) is 131 cm³/mol. The van der Waals surface area contributed by atoms with Gasteiger partial charge in [-0.05, 0) is 54.8 Å². The quantitative estimate of drug-likeness (QED) is 0.520. The Morgan fingerprint density at radius 2 is 1.55 bits per heavy atom. The second kappa shape index (κ2) is 10.2. The van der Waals surface area contributed by atoms with Crippen molar-refractivity contribution >= 4 is 23.2 Å². The third-order valence-corrected chi connectivity index (χ3v) is 6.71. The van der Waals surface area contributed by atoms with Crippen molar-refractivity contribution < 1.29 is 14.3 Å². The van der Waals surface area contributed by atoms with Crippen LogP contribution >= 0.6 is 11.3 Å². The number of hydrogen-bond acceptors (Lipinski definition) is 5. The number of benzene rings is 2. The highest BCUT2D eigenvalue weighted by Crippen LogP contribution is 2.26. The third kappa shape index (κ3) is 5.25. The lowest BCUT2D eigenvalue weighted by Gasteiger charge is -2.34. The number of carbonyl (C=O) groups excluding carboxylic acids is 2. The molecule has 1 saturated heterocycles. The monoisotopic (exact) mass is 463 g/mol. The van der Waals surface area contributed by atoms with Crippen molar-refractivity contribution in [3.8, 4) is 16.3 Å². The molecule has 172 valence electrons. The van der Waals surface area contributed by atoms with E-state index in [1.165, 1.54) is 16.9 Å². The van der Waals surface area contributed by atoms with Crippen LogP contribution < -0.4 is 4.74 Å². The van der Waals surface area contributed by atoms with Gasteiger partial charge in [-0.25, -0.2) is 4.98 Å². The second-order valence-electron chi connectivity index (χ2n) is 8.36. The normalized spacial score (nSPS) is 13.9. The van der Waals surface area contributed by atoms with E-state index in [2.05, 4.69) is 18.8 Å². The molecule has 1 fully saturated rings. The molecule has 7 heteroatoms. The van der Waals surface area contributed by atoms with Gasteiger partial charge in [-0.2, -0.15) is 0 Å². The molecule has 0 unspecified atom stereocenters. The maximum absolute atomic E-state index is 13.0. The number of carbonyl (C=O) groups is 2. The summed E-state index contributed by atoms with van der Waals surface area (Å²) >= 11 is 1.46. The van der Waals surface area contributed by atoms with Gasteiger partial charge in [0, 0.05) is 42.7 Å². The van der Waals surface area contributed by atoms with Crippen LogP contribution in [0.1, 0.15) is 53.1 Å². The number of aromatic nitrogens is 1. The topological polar surface area (TPSA) is 62.7 Å². The molecule has 2 aromatic carbocycles. The Bertz CT molecular complexity index is 1100. The maximum Gasteiger partial charge on any atom is 0.273 e. The largest absolute Gasteiger partial charge is 0.494 e. The molecular weight excluding hydrogens is 434 g/mol. The molecule has 2 amide bonds. The summed E-state index contributed by atoms with van der Waals surface area (Å²) in [7, 11) is 0. The fourth-order valence-corrected chi connectivity index (χ4v) is 4.63. The first kappa shape index (κ1) is 23.0. The van der Waals surface area contributed by atoms with Gasteiger partial charge >= 0.3 is 0 Å². The minimum atomic E-state index is -0.0863. The molecule has 2 heterocycles. The van der Waals surface area contributed by atoms with Gasteiger partial charge < -0.3 is 14.5 Å². The predicted octanol–water partition coefficient (Wildman–Crippen LogP) is 4.93. The fraction of sp³-hybridized carbons (Fsp3) is 0.346. The standard InChI is InChI=1S/C26H29N3O3S/c1-4-32-22-11-9-20(10-12-22)24-27-23(17-33-24)26(31)29-15-13-28(14-16-29)25(30)21-7-5-19(6-8-21)18(2)3/h5-12,17-18H,4,13-16H2,1-3H3. The molecule has 1 aromatic heterocycles. The van der Waals surface area contributed by atoms with Gasteiger partial charge in [0.05, 0.1) is 6.61 Å². The first-order chi connectivity index (χ1) is 16.0. The molecule has 1 aliphatic rings. The molecule has 0 saturated carbocycles. The van der Waals surface area contributed by atoms with Crippen molar-refractivity contribution in [2.75, 3.05) is 32.8 Å². The van der Waals surface area contributed by atoms with Crippen molar-refractivity contribution in [3.63, 3.8) is 0 Å². The number of amides is 2. The summed E-state index contributed by atoms with van der Waals surface area (Å²) in [6, 6.07) is 15.6. The lowest BCUT2D eigenvalue weighted by molar-refractivity contribution is 0.0533. The van der Waals surface area contributed by atoms with Gasteiger partial charge in [-0.3, -0.25) is 9.59 Å². The van der Waals surface area contributed by atoms with Gasteiger partial charge in [-0.15, -0.1) is 11.3 Å². The van der Waals surface area contributed by atoms with Gasteiger partial charge in [-0.1, -0.05) is 26.0 Å². The Labute approximate surface area is 198 Å². The van der Waals surface area contributed by atoms with E-state index in [-0.39, 0.29) is 11.8 Å². The van der Waals surface area contributed by atoms with Crippen LogP contribution in [0, 0.1) is 0 Å². The number of ether oxygens (including phenoxy) is 1. The molecule has 0 bridgehead atoms. The van der Waals surface area contributed by atoms with Crippen molar-refractivity contribution in [1.29, 1.82) is 0 Å². The lowest BCUT2D eigenvalue weighted by atomic mass is 10.0. The van der Waals surface area contributed by atoms with E-state index in [1.54, 1.807) is 4.90 Å². The number of piperazine rings is 1. The van der Waals surface area contributed by atoms with Crippen molar-refractivity contribution in [3.05, 3.63) is 70.7 Å². The summed E-state index contributed by atoms with van der Waals surface area (Å²) in [5.74, 6) is 1.18. The lowest BCUT2D eigenvalue weighted by Crippen LogP contribution is -2.50. The zero-order valence-corrected chi connectivity index (χ0v) is 20.1. The first-order valence-electron chi connectivity index (χ1n) is 11.3. The van der Waals surface area contributed by atoms with Gasteiger partial charge in [0.1, 0.15) is 16.5 Å². The Balaban J connectivity index is 1.35. The molecular formula is C26H29N3O3S. The van der Waals surface area contributed by atoms with E-state index in [0.717, 1.165) is 16.3 Å². The zero-order chi connectivity index (χ0) is 23.4. The number of rotatable bonds is 6. The van der Waals surface area contributed by atoms with Crippen LogP contribution in [-0.2, 0) is 0 Å².